The van der Waals surface area contributed by atoms with E-state index < -0.39 is 24.5 Å². The minimum atomic E-state index is -4.82. The van der Waals surface area contributed by atoms with Gasteiger partial charge in [0.2, 0.25) is 0 Å². The number of halogens is 4. The molecule has 0 saturated carbocycles. The van der Waals surface area contributed by atoms with Gasteiger partial charge in [-0.2, -0.15) is 0 Å². The second-order valence-electron chi connectivity index (χ2n) is 8.06. The van der Waals surface area contributed by atoms with Gasteiger partial charge in [0.05, 0.1) is 22.2 Å². The molecule has 6 nitrogen and oxygen atoms in total. The van der Waals surface area contributed by atoms with E-state index in [2.05, 4.69) is 25.7 Å². The molecule has 0 fully saturated rings. The van der Waals surface area contributed by atoms with Crippen molar-refractivity contribution in [3.63, 3.8) is 0 Å². The lowest BCUT2D eigenvalue weighted by atomic mass is 9.71. The van der Waals surface area contributed by atoms with Crippen LogP contribution in [0.4, 0.5) is 13.2 Å². The molecule has 0 bridgehead atoms. The summed E-state index contributed by atoms with van der Waals surface area (Å²) in [5.41, 5.74) is 1.69. The fourth-order valence-corrected chi connectivity index (χ4v) is 4.41. The highest BCUT2D eigenvalue weighted by atomic mass is 79.9. The number of rotatable bonds is 5. The quantitative estimate of drug-likeness (QED) is 0.469. The highest BCUT2D eigenvalue weighted by Gasteiger charge is 2.40. The second-order valence-corrected chi connectivity index (χ2v) is 8.91. The first kappa shape index (κ1) is 22.6. The van der Waals surface area contributed by atoms with Crippen LogP contribution in [0.1, 0.15) is 41.0 Å². The first-order valence-corrected chi connectivity index (χ1v) is 10.4. The number of benzene rings is 2. The van der Waals surface area contributed by atoms with Gasteiger partial charge < -0.3 is 24.7 Å². The van der Waals surface area contributed by atoms with Crippen LogP contribution in [0.2, 0.25) is 0 Å². The Kier molecular flexibility index (Phi) is 5.51. The predicted octanol–water partition coefficient (Wildman–Crippen LogP) is 4.43. The number of nitrogens with one attached hydrogen (secondary N) is 1. The molecular formula is C22H19BrF3NO5. The Labute approximate surface area is 189 Å². The van der Waals surface area contributed by atoms with Gasteiger partial charge in [0.25, 0.3) is 0 Å². The maximum Gasteiger partial charge on any atom is 0.573 e. The fraction of sp³-hybridized carbons (Fsp3) is 0.318. The van der Waals surface area contributed by atoms with Gasteiger partial charge in [-0.1, -0.05) is 13.8 Å². The lowest BCUT2D eigenvalue weighted by Crippen LogP contribution is -2.30. The maximum absolute atomic E-state index is 13.4. The van der Waals surface area contributed by atoms with E-state index in [0.717, 1.165) is 0 Å². The minimum absolute atomic E-state index is 0.137. The standard InChI is InChI=1S/C22H19BrF3NO5/c1-21(2)14-7-17(31-9-10(29)8-28)15(23)6-13(14)19(30)18-12-4-3-11(32-22(24,25)26)5-16(12)27-20(18)21/h3-7,10,27-29H,8-9H2,1-2H3/t10-/m1/s1. The summed E-state index contributed by atoms with van der Waals surface area (Å²) in [6, 6.07) is 7.15. The van der Waals surface area contributed by atoms with Crippen LogP contribution in [-0.4, -0.2) is 46.7 Å². The van der Waals surface area contributed by atoms with Gasteiger partial charge >= 0.3 is 6.36 Å². The molecule has 170 valence electrons. The SMILES string of the molecule is CC1(C)c2cc(OC[C@H](O)CO)c(Br)cc2C(=O)c2c1[nH]c1cc(OC(F)(F)F)ccc21. The zero-order chi connectivity index (χ0) is 23.4. The summed E-state index contributed by atoms with van der Waals surface area (Å²) in [4.78, 5) is 16.5. The van der Waals surface area contributed by atoms with Crippen LogP contribution in [-0.2, 0) is 5.41 Å². The van der Waals surface area contributed by atoms with Gasteiger partial charge in [-0.3, -0.25) is 4.79 Å². The van der Waals surface area contributed by atoms with Crippen LogP contribution in [0.5, 0.6) is 11.5 Å². The number of hydrogen-bond acceptors (Lipinski definition) is 5. The molecule has 10 heteroatoms. The molecule has 0 spiro atoms. The van der Waals surface area contributed by atoms with Crippen LogP contribution in [0.25, 0.3) is 10.9 Å². The molecular weight excluding hydrogens is 495 g/mol. The van der Waals surface area contributed by atoms with Crippen LogP contribution in [0.15, 0.2) is 34.8 Å². The molecule has 0 saturated heterocycles. The van der Waals surface area contributed by atoms with Gasteiger partial charge in [-0.05, 0) is 45.8 Å². The molecule has 0 unspecified atom stereocenters. The zero-order valence-corrected chi connectivity index (χ0v) is 18.6. The van der Waals surface area contributed by atoms with Crippen LogP contribution >= 0.6 is 15.9 Å². The number of aliphatic hydroxyl groups is 2. The molecule has 1 aliphatic carbocycles. The van der Waals surface area contributed by atoms with Crippen molar-refractivity contribution in [2.75, 3.05) is 13.2 Å². The van der Waals surface area contributed by atoms with E-state index >= 15 is 0 Å². The fourth-order valence-electron chi connectivity index (χ4n) is 3.96. The van der Waals surface area contributed by atoms with Crippen molar-refractivity contribution in [1.82, 2.24) is 4.98 Å². The summed E-state index contributed by atoms with van der Waals surface area (Å²) in [5.74, 6) is -0.266. The molecule has 0 amide bonds. The molecule has 1 aliphatic rings. The largest absolute Gasteiger partial charge is 0.573 e. The van der Waals surface area contributed by atoms with Gasteiger partial charge in [0, 0.05) is 28.1 Å². The Hall–Kier alpha value is -2.56. The monoisotopic (exact) mass is 513 g/mol. The molecule has 32 heavy (non-hydrogen) atoms. The number of aromatic nitrogens is 1. The third-order valence-electron chi connectivity index (χ3n) is 5.49. The smallest absolute Gasteiger partial charge is 0.490 e. The van der Waals surface area contributed by atoms with E-state index in [1.54, 1.807) is 12.1 Å². The maximum atomic E-state index is 13.4. The summed E-state index contributed by atoms with van der Waals surface area (Å²) in [6.45, 7) is 3.19. The summed E-state index contributed by atoms with van der Waals surface area (Å²) in [6.07, 6.45) is -5.88. The lowest BCUT2D eigenvalue weighted by Gasteiger charge is -2.32. The number of ether oxygens (including phenoxy) is 2. The summed E-state index contributed by atoms with van der Waals surface area (Å²) in [5, 5.41) is 19.1. The first-order chi connectivity index (χ1) is 14.9. The third kappa shape index (κ3) is 3.87. The van der Waals surface area contributed by atoms with E-state index in [1.165, 1.54) is 18.2 Å². The number of ketones is 1. The molecule has 2 aromatic carbocycles. The molecule has 1 atom stereocenters. The lowest BCUT2D eigenvalue weighted by molar-refractivity contribution is -0.274. The average molecular weight is 514 g/mol. The number of carbonyl (C=O) groups is 1. The van der Waals surface area contributed by atoms with Gasteiger partial charge in [0.1, 0.15) is 24.2 Å². The summed E-state index contributed by atoms with van der Waals surface area (Å²) >= 11 is 3.38. The van der Waals surface area contributed by atoms with Crippen molar-refractivity contribution < 1.29 is 37.7 Å². The number of carbonyl (C=O) groups excluding carboxylic acids is 1. The summed E-state index contributed by atoms with van der Waals surface area (Å²) < 4.78 is 47.9. The van der Waals surface area contributed by atoms with Gasteiger partial charge in [-0.25, -0.2) is 0 Å². The zero-order valence-electron chi connectivity index (χ0n) is 17.0. The van der Waals surface area contributed by atoms with Crippen LogP contribution in [0.3, 0.4) is 0 Å². The Morgan fingerprint density at radius 2 is 1.94 bits per heavy atom. The van der Waals surface area contributed by atoms with E-state index in [-0.39, 0.29) is 18.1 Å². The highest BCUT2D eigenvalue weighted by Crippen LogP contribution is 2.46. The average Bonchev–Trinajstić information content (AvgIpc) is 3.09. The number of aliphatic hydroxyl groups excluding tert-OH is 2. The Balaban J connectivity index is 1.81. The molecule has 1 heterocycles. The van der Waals surface area contributed by atoms with Crippen LogP contribution < -0.4 is 9.47 Å². The Morgan fingerprint density at radius 1 is 1.22 bits per heavy atom. The van der Waals surface area contributed by atoms with Crippen molar-refractivity contribution >= 4 is 32.6 Å². The number of fused-ring (bicyclic) bond motifs is 4. The van der Waals surface area contributed by atoms with Crippen molar-refractivity contribution in [1.29, 1.82) is 0 Å². The number of H-pyrrole nitrogens is 1. The molecule has 3 N–H and O–H groups in total. The first-order valence-electron chi connectivity index (χ1n) is 9.64. The number of aromatic amines is 1. The molecule has 0 radical (unpaired) electrons. The van der Waals surface area contributed by atoms with Gasteiger partial charge in [-0.15, -0.1) is 13.2 Å². The number of hydrogen-bond donors (Lipinski definition) is 3. The van der Waals surface area contributed by atoms with E-state index in [9.17, 15) is 23.1 Å². The highest BCUT2D eigenvalue weighted by molar-refractivity contribution is 9.10. The van der Waals surface area contributed by atoms with E-state index in [0.29, 0.717) is 43.5 Å². The molecule has 1 aromatic heterocycles. The van der Waals surface area contributed by atoms with E-state index in [4.69, 9.17) is 9.84 Å². The van der Waals surface area contributed by atoms with E-state index in [1.807, 2.05) is 13.8 Å². The van der Waals surface area contributed by atoms with Crippen molar-refractivity contribution in [3.8, 4) is 11.5 Å². The Bertz CT molecular complexity index is 1220. The second kappa shape index (κ2) is 7.79. The van der Waals surface area contributed by atoms with Crippen molar-refractivity contribution in [2.24, 2.45) is 0 Å². The minimum Gasteiger partial charge on any atom is -0.490 e. The summed E-state index contributed by atoms with van der Waals surface area (Å²) in [7, 11) is 0. The molecule has 0 aliphatic heterocycles. The van der Waals surface area contributed by atoms with Crippen molar-refractivity contribution in [2.45, 2.75) is 31.7 Å². The molecule has 4 rings (SSSR count). The third-order valence-corrected chi connectivity index (χ3v) is 6.11. The predicted molar refractivity (Wildman–Crippen MR) is 113 cm³/mol. The molecule has 3 aromatic rings. The van der Waals surface area contributed by atoms with Crippen molar-refractivity contribution in [3.05, 3.63) is 57.2 Å². The van der Waals surface area contributed by atoms with Crippen LogP contribution in [0, 0.1) is 0 Å². The number of alkyl halides is 3. The topological polar surface area (TPSA) is 91.8 Å². The normalized spacial score (nSPS) is 15.9. The van der Waals surface area contributed by atoms with Gasteiger partial charge in [0.15, 0.2) is 5.78 Å². The Morgan fingerprint density at radius 3 is 2.59 bits per heavy atom.